The van der Waals surface area contributed by atoms with Crippen LogP contribution in [-0.4, -0.2) is 11.7 Å². The third-order valence-electron chi connectivity index (χ3n) is 4.23. The summed E-state index contributed by atoms with van der Waals surface area (Å²) >= 11 is 0. The molecule has 1 aromatic carbocycles. The quantitative estimate of drug-likeness (QED) is 0.771. The van der Waals surface area contributed by atoms with Crippen molar-refractivity contribution in [3.8, 4) is 0 Å². The zero-order chi connectivity index (χ0) is 13.9. The Hall–Kier alpha value is -1.08. The maximum atomic E-state index is 8.95. The molecular formula is C18H26O. The van der Waals surface area contributed by atoms with Gasteiger partial charge in [0.2, 0.25) is 0 Å². The summed E-state index contributed by atoms with van der Waals surface area (Å²) in [5.74, 6) is 0.693. The van der Waals surface area contributed by atoms with E-state index in [1.807, 2.05) is 6.08 Å². The van der Waals surface area contributed by atoms with Gasteiger partial charge in [-0.3, -0.25) is 0 Å². The van der Waals surface area contributed by atoms with E-state index >= 15 is 0 Å². The fraction of sp³-hybridized carbons (Fsp3) is 0.556. The van der Waals surface area contributed by atoms with Crippen LogP contribution in [0.3, 0.4) is 0 Å². The van der Waals surface area contributed by atoms with E-state index in [9.17, 15) is 0 Å². The topological polar surface area (TPSA) is 20.2 Å². The second-order valence-corrected chi connectivity index (χ2v) is 6.69. The van der Waals surface area contributed by atoms with Crippen LogP contribution in [0.5, 0.6) is 0 Å². The van der Waals surface area contributed by atoms with Gasteiger partial charge in [-0.2, -0.15) is 0 Å². The minimum Gasteiger partial charge on any atom is -0.392 e. The van der Waals surface area contributed by atoms with Crippen molar-refractivity contribution in [1.82, 2.24) is 0 Å². The molecule has 1 aliphatic carbocycles. The van der Waals surface area contributed by atoms with Gasteiger partial charge < -0.3 is 5.11 Å². The Labute approximate surface area is 117 Å². The predicted octanol–water partition coefficient (Wildman–Crippen LogP) is 4.56. The zero-order valence-electron chi connectivity index (χ0n) is 12.4. The summed E-state index contributed by atoms with van der Waals surface area (Å²) in [6.45, 7) is 7.01. The van der Waals surface area contributed by atoms with Gasteiger partial charge in [0.25, 0.3) is 0 Å². The maximum absolute atomic E-state index is 8.95. The minimum absolute atomic E-state index is 0.194. The molecule has 0 aliphatic heterocycles. The lowest BCUT2D eigenvalue weighted by Crippen LogP contribution is -2.13. The summed E-state index contributed by atoms with van der Waals surface area (Å²) < 4.78 is 0. The summed E-state index contributed by atoms with van der Waals surface area (Å²) in [6, 6.07) is 9.12. The van der Waals surface area contributed by atoms with Gasteiger partial charge in [0.15, 0.2) is 0 Å². The number of hydrogen-bond donors (Lipinski definition) is 1. The lowest BCUT2D eigenvalue weighted by atomic mass is 9.79. The van der Waals surface area contributed by atoms with Gasteiger partial charge in [-0.25, -0.2) is 0 Å². The van der Waals surface area contributed by atoms with E-state index in [0.29, 0.717) is 5.92 Å². The molecule has 0 atom stereocenters. The van der Waals surface area contributed by atoms with Crippen LogP contribution in [0.1, 0.15) is 63.5 Å². The van der Waals surface area contributed by atoms with Gasteiger partial charge in [0, 0.05) is 0 Å². The monoisotopic (exact) mass is 258 g/mol. The highest BCUT2D eigenvalue weighted by Crippen LogP contribution is 2.36. The molecule has 0 aromatic heterocycles. The number of benzene rings is 1. The van der Waals surface area contributed by atoms with Crippen LogP contribution in [0.4, 0.5) is 0 Å². The average molecular weight is 258 g/mol. The first kappa shape index (κ1) is 14.3. The molecule has 1 nitrogen and oxygen atoms in total. The molecule has 0 spiro atoms. The molecule has 0 bridgehead atoms. The highest BCUT2D eigenvalue weighted by atomic mass is 16.2. The van der Waals surface area contributed by atoms with E-state index in [4.69, 9.17) is 5.11 Å². The molecule has 0 saturated heterocycles. The highest BCUT2D eigenvalue weighted by Gasteiger charge is 2.20. The summed E-state index contributed by atoms with van der Waals surface area (Å²) in [6.07, 6.45) is 6.72. The molecule has 2 rings (SSSR count). The molecule has 19 heavy (non-hydrogen) atoms. The molecule has 0 heterocycles. The Kier molecular flexibility index (Phi) is 4.46. The number of allylic oxidation sites excluding steroid dienone is 1. The van der Waals surface area contributed by atoms with Gasteiger partial charge in [-0.05, 0) is 48.1 Å². The van der Waals surface area contributed by atoms with Gasteiger partial charge in [0.1, 0.15) is 0 Å². The number of aliphatic hydroxyl groups excluding tert-OH is 1. The first-order valence-corrected chi connectivity index (χ1v) is 7.40. The average Bonchev–Trinajstić information content (AvgIpc) is 2.39. The molecule has 1 fully saturated rings. The first-order valence-electron chi connectivity index (χ1n) is 7.40. The molecule has 1 N–H and O–H groups in total. The van der Waals surface area contributed by atoms with Gasteiger partial charge in [-0.1, -0.05) is 56.7 Å². The molecular weight excluding hydrogens is 232 g/mol. The fourth-order valence-electron chi connectivity index (χ4n) is 2.91. The molecule has 104 valence electrons. The van der Waals surface area contributed by atoms with Crippen LogP contribution in [0.25, 0.3) is 0 Å². The van der Waals surface area contributed by atoms with E-state index < -0.39 is 0 Å². The van der Waals surface area contributed by atoms with Crippen molar-refractivity contribution in [3.05, 3.63) is 47.0 Å². The van der Waals surface area contributed by atoms with Gasteiger partial charge in [0.05, 0.1) is 6.61 Å². The Morgan fingerprint density at radius 3 is 2.47 bits per heavy atom. The van der Waals surface area contributed by atoms with Crippen molar-refractivity contribution in [1.29, 1.82) is 0 Å². The van der Waals surface area contributed by atoms with Crippen molar-refractivity contribution < 1.29 is 5.11 Å². The van der Waals surface area contributed by atoms with E-state index in [1.54, 1.807) is 0 Å². The van der Waals surface area contributed by atoms with E-state index in [2.05, 4.69) is 45.0 Å². The van der Waals surface area contributed by atoms with Crippen LogP contribution >= 0.6 is 0 Å². The molecule has 1 heteroatoms. The highest BCUT2D eigenvalue weighted by molar-refractivity contribution is 5.31. The number of rotatable bonds is 2. The first-order chi connectivity index (χ1) is 9.00. The van der Waals surface area contributed by atoms with Crippen LogP contribution in [-0.2, 0) is 5.41 Å². The summed E-state index contributed by atoms with van der Waals surface area (Å²) in [5.41, 5.74) is 4.59. The summed E-state index contributed by atoms with van der Waals surface area (Å²) in [4.78, 5) is 0. The Morgan fingerprint density at radius 1 is 1.21 bits per heavy atom. The van der Waals surface area contributed by atoms with Crippen LogP contribution in [0.2, 0.25) is 0 Å². The molecule has 1 saturated carbocycles. The second-order valence-electron chi connectivity index (χ2n) is 6.69. The summed E-state index contributed by atoms with van der Waals surface area (Å²) in [7, 11) is 0. The van der Waals surface area contributed by atoms with Crippen molar-refractivity contribution in [3.63, 3.8) is 0 Å². The standard InChI is InChI=1S/C18H26O/c1-18(2,3)17-6-4-5-16(13-17)15-9-7-14(8-10-15)11-12-19/h4-6,11,13,15,19H,7-10,12H2,1-3H3. The third kappa shape index (κ3) is 3.70. The van der Waals surface area contributed by atoms with Crippen LogP contribution in [0, 0.1) is 0 Å². The fourth-order valence-corrected chi connectivity index (χ4v) is 2.91. The lowest BCUT2D eigenvalue weighted by Gasteiger charge is -2.26. The van der Waals surface area contributed by atoms with Crippen molar-refractivity contribution >= 4 is 0 Å². The molecule has 1 aliphatic rings. The molecule has 0 unspecified atom stereocenters. The Balaban J connectivity index is 2.10. The van der Waals surface area contributed by atoms with Crippen molar-refractivity contribution in [2.45, 2.75) is 57.8 Å². The third-order valence-corrected chi connectivity index (χ3v) is 4.23. The minimum atomic E-state index is 0.194. The van der Waals surface area contributed by atoms with E-state index in [0.717, 1.165) is 12.8 Å². The lowest BCUT2D eigenvalue weighted by molar-refractivity contribution is 0.339. The Morgan fingerprint density at radius 2 is 1.89 bits per heavy atom. The van der Waals surface area contributed by atoms with Gasteiger partial charge in [-0.15, -0.1) is 0 Å². The van der Waals surface area contributed by atoms with Crippen molar-refractivity contribution in [2.24, 2.45) is 0 Å². The number of hydrogen-bond acceptors (Lipinski definition) is 1. The molecule has 0 amide bonds. The molecule has 1 aromatic rings. The normalized spacial score (nSPS) is 20.4. The SMILES string of the molecule is CC(C)(C)c1cccc(C2CCC(=CCO)CC2)c1. The maximum Gasteiger partial charge on any atom is 0.0615 e. The predicted molar refractivity (Wildman–Crippen MR) is 81.5 cm³/mol. The number of aliphatic hydroxyl groups is 1. The second kappa shape index (κ2) is 5.92. The molecule has 0 radical (unpaired) electrons. The van der Waals surface area contributed by atoms with E-state index in [1.165, 1.54) is 29.5 Å². The van der Waals surface area contributed by atoms with Crippen LogP contribution in [0.15, 0.2) is 35.9 Å². The van der Waals surface area contributed by atoms with Crippen LogP contribution < -0.4 is 0 Å². The largest absolute Gasteiger partial charge is 0.392 e. The smallest absolute Gasteiger partial charge is 0.0615 e. The van der Waals surface area contributed by atoms with Gasteiger partial charge >= 0.3 is 0 Å². The van der Waals surface area contributed by atoms with Crippen molar-refractivity contribution in [2.75, 3.05) is 6.61 Å². The zero-order valence-corrected chi connectivity index (χ0v) is 12.4. The summed E-state index contributed by atoms with van der Waals surface area (Å²) in [5, 5.41) is 8.95. The van der Waals surface area contributed by atoms with E-state index in [-0.39, 0.29) is 12.0 Å². The Bertz CT molecular complexity index is 441.